The molecule has 0 radical (unpaired) electrons. The van der Waals surface area contributed by atoms with Gasteiger partial charge in [-0.05, 0) is 12.2 Å². The van der Waals surface area contributed by atoms with E-state index in [0.717, 1.165) is 0 Å². The molecule has 1 aromatic rings. The van der Waals surface area contributed by atoms with Gasteiger partial charge in [0, 0.05) is 13.5 Å². The van der Waals surface area contributed by atoms with Crippen molar-refractivity contribution in [2.45, 2.75) is 24.9 Å². The minimum atomic E-state index is -0.667. The number of aryl methyl sites for hydroxylation is 1. The molecule has 7 heteroatoms. The van der Waals surface area contributed by atoms with E-state index in [2.05, 4.69) is 5.10 Å². The highest BCUT2D eigenvalue weighted by molar-refractivity contribution is 7.71. The lowest BCUT2D eigenvalue weighted by Gasteiger charge is -2.26. The average Bonchev–Trinajstić information content (AvgIpc) is 2.82. The number of nitrogens with zero attached hydrogens (tertiary/aromatic N) is 3. The van der Waals surface area contributed by atoms with E-state index < -0.39 is 6.29 Å². The topological polar surface area (TPSA) is 58.3 Å². The van der Waals surface area contributed by atoms with E-state index in [0.29, 0.717) is 17.8 Å². The number of hydrogen-bond acceptors (Lipinski definition) is 5. The zero-order valence-electron chi connectivity index (χ0n) is 8.70. The molecule has 6 nitrogen and oxygen atoms in total. The molecule has 3 heterocycles. The van der Waals surface area contributed by atoms with Crippen molar-refractivity contribution in [3.63, 3.8) is 0 Å². The molecular formula is C9H11N3O3S. The Kier molecular flexibility index (Phi) is 2.20. The molecule has 0 spiro atoms. The predicted molar refractivity (Wildman–Crippen MR) is 55.3 cm³/mol. The quantitative estimate of drug-likeness (QED) is 0.658. The number of carbonyl (C=O) groups excluding carboxylic acids is 1. The van der Waals surface area contributed by atoms with Gasteiger partial charge in [-0.1, -0.05) is 0 Å². The summed E-state index contributed by atoms with van der Waals surface area (Å²) in [5, 5.41) is 4.18. The molecule has 3 rings (SSSR count). The van der Waals surface area contributed by atoms with Crippen molar-refractivity contribution >= 4 is 18.0 Å². The van der Waals surface area contributed by atoms with Crippen LogP contribution in [-0.4, -0.2) is 39.1 Å². The fourth-order valence-corrected chi connectivity index (χ4v) is 2.32. The Morgan fingerprint density at radius 1 is 1.62 bits per heavy atom. The fourth-order valence-electron chi connectivity index (χ4n) is 2.09. The number of fused-ring (bicyclic) bond motifs is 2. The highest BCUT2D eigenvalue weighted by Gasteiger charge is 2.44. The van der Waals surface area contributed by atoms with E-state index >= 15 is 0 Å². The number of carbonyl (C=O) groups is 1. The molecule has 2 bridgehead atoms. The van der Waals surface area contributed by atoms with Gasteiger partial charge in [0.1, 0.15) is 12.4 Å². The lowest BCUT2D eigenvalue weighted by Crippen LogP contribution is -2.37. The summed E-state index contributed by atoms with van der Waals surface area (Å²) in [5.41, 5.74) is 0. The van der Waals surface area contributed by atoms with E-state index in [1.807, 2.05) is 7.05 Å². The van der Waals surface area contributed by atoms with Gasteiger partial charge in [0.05, 0.1) is 12.6 Å². The number of ketones is 1. The monoisotopic (exact) mass is 241 g/mol. The SMILES string of the molecule is Cn1cnn([C@@H]2CC(=O)[C@H]3OC[C@H]2O3)c1=S. The third-order valence-corrected chi connectivity index (χ3v) is 3.45. The third kappa shape index (κ3) is 1.35. The van der Waals surface area contributed by atoms with E-state index in [1.165, 1.54) is 0 Å². The van der Waals surface area contributed by atoms with Crippen LogP contribution in [0.1, 0.15) is 12.5 Å². The smallest absolute Gasteiger partial charge is 0.218 e. The fraction of sp³-hybridized carbons (Fsp3) is 0.667. The molecule has 0 aromatic carbocycles. The van der Waals surface area contributed by atoms with Crippen molar-refractivity contribution < 1.29 is 14.3 Å². The van der Waals surface area contributed by atoms with Gasteiger partial charge < -0.3 is 14.0 Å². The van der Waals surface area contributed by atoms with Crippen LogP contribution in [0.2, 0.25) is 0 Å². The van der Waals surface area contributed by atoms with Gasteiger partial charge in [-0.3, -0.25) is 4.79 Å². The van der Waals surface area contributed by atoms with E-state index in [4.69, 9.17) is 21.7 Å². The first kappa shape index (κ1) is 10.1. The van der Waals surface area contributed by atoms with Crippen molar-refractivity contribution in [2.24, 2.45) is 7.05 Å². The van der Waals surface area contributed by atoms with Gasteiger partial charge in [-0.2, -0.15) is 5.10 Å². The van der Waals surface area contributed by atoms with Crippen LogP contribution in [0.5, 0.6) is 0 Å². The maximum absolute atomic E-state index is 11.6. The van der Waals surface area contributed by atoms with E-state index in [9.17, 15) is 4.79 Å². The number of rotatable bonds is 1. The van der Waals surface area contributed by atoms with E-state index in [1.54, 1.807) is 15.6 Å². The summed E-state index contributed by atoms with van der Waals surface area (Å²) in [6, 6.07) is -0.139. The molecule has 0 N–H and O–H groups in total. The molecule has 2 aliphatic rings. The molecule has 0 amide bonds. The van der Waals surface area contributed by atoms with Crippen LogP contribution in [0, 0.1) is 4.77 Å². The molecule has 16 heavy (non-hydrogen) atoms. The molecule has 0 aliphatic carbocycles. The number of aromatic nitrogens is 3. The van der Waals surface area contributed by atoms with Crippen LogP contribution in [0.25, 0.3) is 0 Å². The highest BCUT2D eigenvalue weighted by Crippen LogP contribution is 2.32. The number of Topliss-reactive ketones (excluding diaryl/α,β-unsaturated/α-hetero) is 1. The van der Waals surface area contributed by atoms with Crippen molar-refractivity contribution in [1.29, 1.82) is 0 Å². The summed E-state index contributed by atoms with van der Waals surface area (Å²) in [6.45, 7) is 0.430. The summed E-state index contributed by atoms with van der Waals surface area (Å²) >= 11 is 5.22. The molecule has 0 saturated carbocycles. The zero-order valence-corrected chi connectivity index (χ0v) is 9.51. The maximum atomic E-state index is 11.6. The normalized spacial score (nSPS) is 33.3. The largest absolute Gasteiger partial charge is 0.343 e. The Bertz CT molecular complexity index is 494. The van der Waals surface area contributed by atoms with Crippen molar-refractivity contribution in [2.75, 3.05) is 6.61 Å². The standard InChI is InChI=1S/C9H11N3O3S/c1-11-4-10-12(9(11)16)5-2-6(13)8-14-3-7(5)15-8/h4-5,7-8H,2-3H2,1H3/t5-,7-,8+/m1/s1. The van der Waals surface area contributed by atoms with Gasteiger partial charge >= 0.3 is 0 Å². The van der Waals surface area contributed by atoms with Crippen molar-refractivity contribution in [1.82, 2.24) is 14.3 Å². The predicted octanol–water partition coefficient (Wildman–Crippen LogP) is 0.206. The van der Waals surface area contributed by atoms with Crippen LogP contribution >= 0.6 is 12.2 Å². The first-order chi connectivity index (χ1) is 7.66. The summed E-state index contributed by atoms with van der Waals surface area (Å²) in [7, 11) is 1.82. The summed E-state index contributed by atoms with van der Waals surface area (Å²) in [4.78, 5) is 11.6. The summed E-state index contributed by atoms with van der Waals surface area (Å²) < 4.78 is 14.7. The Hall–Kier alpha value is -1.05. The van der Waals surface area contributed by atoms with E-state index in [-0.39, 0.29) is 17.9 Å². The minimum Gasteiger partial charge on any atom is -0.343 e. The maximum Gasteiger partial charge on any atom is 0.218 e. The Morgan fingerprint density at radius 3 is 3.12 bits per heavy atom. The second kappa shape index (κ2) is 3.47. The molecule has 86 valence electrons. The lowest BCUT2D eigenvalue weighted by atomic mass is 10.0. The number of ether oxygens (including phenoxy) is 2. The van der Waals surface area contributed by atoms with Crippen LogP contribution in [-0.2, 0) is 21.3 Å². The first-order valence-corrected chi connectivity index (χ1v) is 5.47. The molecule has 3 atom stereocenters. The molecule has 0 unspecified atom stereocenters. The third-order valence-electron chi connectivity index (χ3n) is 2.97. The molecular weight excluding hydrogens is 230 g/mol. The van der Waals surface area contributed by atoms with Crippen molar-refractivity contribution in [3.05, 3.63) is 11.1 Å². The number of hydrogen-bond donors (Lipinski definition) is 0. The first-order valence-electron chi connectivity index (χ1n) is 5.07. The van der Waals surface area contributed by atoms with Gasteiger partial charge in [0.15, 0.2) is 10.6 Å². The molecule has 2 fully saturated rings. The molecule has 2 aliphatic heterocycles. The van der Waals surface area contributed by atoms with Gasteiger partial charge in [0.2, 0.25) is 6.29 Å². The van der Waals surface area contributed by atoms with Crippen LogP contribution in [0.15, 0.2) is 6.33 Å². The second-order valence-electron chi connectivity index (χ2n) is 4.05. The Balaban J connectivity index is 1.98. The summed E-state index contributed by atoms with van der Waals surface area (Å²) in [6.07, 6.45) is 1.22. The van der Waals surface area contributed by atoms with Gasteiger partial charge in [-0.25, -0.2) is 4.68 Å². The molecule has 2 saturated heterocycles. The minimum absolute atomic E-state index is 0.0358. The van der Waals surface area contributed by atoms with Gasteiger partial charge in [-0.15, -0.1) is 0 Å². The Morgan fingerprint density at radius 2 is 2.44 bits per heavy atom. The highest BCUT2D eigenvalue weighted by atomic mass is 32.1. The zero-order chi connectivity index (χ0) is 11.3. The van der Waals surface area contributed by atoms with Gasteiger partial charge in [0.25, 0.3) is 0 Å². The van der Waals surface area contributed by atoms with Crippen LogP contribution in [0.3, 0.4) is 0 Å². The Labute approximate surface area is 96.8 Å². The average molecular weight is 241 g/mol. The lowest BCUT2D eigenvalue weighted by molar-refractivity contribution is -0.156. The summed E-state index contributed by atoms with van der Waals surface area (Å²) in [5.74, 6) is -0.0358. The van der Waals surface area contributed by atoms with Crippen LogP contribution < -0.4 is 0 Å². The second-order valence-corrected chi connectivity index (χ2v) is 4.41. The van der Waals surface area contributed by atoms with Crippen LogP contribution in [0.4, 0.5) is 0 Å². The van der Waals surface area contributed by atoms with Crippen molar-refractivity contribution in [3.8, 4) is 0 Å². The molecule has 1 aromatic heterocycles.